The van der Waals surface area contributed by atoms with Gasteiger partial charge in [0, 0.05) is 19.6 Å². The highest BCUT2D eigenvalue weighted by Gasteiger charge is 2.42. The number of β-amino-alcohol motifs (C(OH)–C–C–N with tert-alkyl or cyclic N) is 1. The molecule has 0 aromatic rings. The van der Waals surface area contributed by atoms with Crippen LogP contribution >= 0.6 is 0 Å². The summed E-state index contributed by atoms with van der Waals surface area (Å²) in [6.45, 7) is 5.45. The smallest absolute Gasteiger partial charge is 0.308 e. The first-order valence-corrected chi connectivity index (χ1v) is 8.71. The summed E-state index contributed by atoms with van der Waals surface area (Å²) >= 11 is 0. The lowest BCUT2D eigenvalue weighted by Gasteiger charge is -2.38. The molecule has 0 aromatic heterocycles. The highest BCUT2D eigenvalue weighted by atomic mass is 16.5. The number of carbonyl (C=O) groups is 1. The number of esters is 1. The van der Waals surface area contributed by atoms with E-state index in [4.69, 9.17) is 4.74 Å². The van der Waals surface area contributed by atoms with E-state index in [2.05, 4.69) is 4.90 Å². The molecule has 2 unspecified atom stereocenters. The number of rotatable bonds is 4. The Balaban J connectivity index is 1.47. The predicted molar refractivity (Wildman–Crippen MR) is 80.8 cm³/mol. The second kappa shape index (κ2) is 6.25. The Morgan fingerprint density at radius 3 is 2.38 bits per heavy atom. The summed E-state index contributed by atoms with van der Waals surface area (Å²) in [5.74, 6) is 1.69. The molecule has 2 aliphatic carbocycles. The molecule has 2 saturated carbocycles. The number of hydrogen-bond donors (Lipinski definition) is 1. The Bertz CT molecular complexity index is 364. The molecule has 4 nitrogen and oxygen atoms in total. The number of nitrogens with zero attached hydrogens (tertiary/aromatic N) is 1. The molecule has 0 radical (unpaired) electrons. The minimum Gasteiger partial charge on any atom is -0.466 e. The molecule has 1 N–H and O–H groups in total. The zero-order valence-electron chi connectivity index (χ0n) is 13.2. The molecule has 1 saturated heterocycles. The van der Waals surface area contributed by atoms with Gasteiger partial charge in [-0.15, -0.1) is 0 Å². The molecule has 3 fully saturated rings. The van der Waals surface area contributed by atoms with Gasteiger partial charge in [0.05, 0.1) is 18.1 Å². The third-order valence-corrected chi connectivity index (χ3v) is 5.86. The van der Waals surface area contributed by atoms with Crippen molar-refractivity contribution in [2.45, 2.75) is 57.5 Å². The predicted octanol–water partition coefficient (Wildman–Crippen LogP) is 2.20. The van der Waals surface area contributed by atoms with Gasteiger partial charge in [-0.1, -0.05) is 6.42 Å². The monoisotopic (exact) mass is 295 g/mol. The fourth-order valence-corrected chi connectivity index (χ4v) is 4.69. The van der Waals surface area contributed by atoms with Crippen LogP contribution in [0, 0.1) is 17.8 Å². The van der Waals surface area contributed by atoms with E-state index in [9.17, 15) is 9.90 Å². The maximum Gasteiger partial charge on any atom is 0.308 e. The third-order valence-electron chi connectivity index (χ3n) is 5.86. The van der Waals surface area contributed by atoms with Crippen molar-refractivity contribution in [3.63, 3.8) is 0 Å². The summed E-state index contributed by atoms with van der Waals surface area (Å²) < 4.78 is 5.10. The Labute approximate surface area is 127 Å². The van der Waals surface area contributed by atoms with E-state index < -0.39 is 5.60 Å². The second-order valence-corrected chi connectivity index (χ2v) is 7.40. The fraction of sp³-hybridized carbons (Fsp3) is 0.941. The molecule has 2 atom stereocenters. The fourth-order valence-electron chi connectivity index (χ4n) is 4.69. The largest absolute Gasteiger partial charge is 0.466 e. The quantitative estimate of drug-likeness (QED) is 0.808. The van der Waals surface area contributed by atoms with Gasteiger partial charge in [0.2, 0.25) is 0 Å². The van der Waals surface area contributed by atoms with Crippen molar-refractivity contribution in [2.75, 3.05) is 26.2 Å². The van der Waals surface area contributed by atoms with E-state index in [1.54, 1.807) is 0 Å². The van der Waals surface area contributed by atoms with Crippen molar-refractivity contribution in [3.05, 3.63) is 0 Å². The van der Waals surface area contributed by atoms with Crippen molar-refractivity contribution in [1.29, 1.82) is 0 Å². The van der Waals surface area contributed by atoms with Crippen LogP contribution in [0.5, 0.6) is 0 Å². The van der Waals surface area contributed by atoms with Crippen LogP contribution < -0.4 is 0 Å². The molecule has 0 spiro atoms. The van der Waals surface area contributed by atoms with Gasteiger partial charge in [0.1, 0.15) is 0 Å². The Hall–Kier alpha value is -0.610. The molecule has 3 rings (SSSR count). The lowest BCUT2D eigenvalue weighted by molar-refractivity contribution is -0.151. The summed E-state index contributed by atoms with van der Waals surface area (Å²) in [4.78, 5) is 14.2. The van der Waals surface area contributed by atoms with Gasteiger partial charge in [0.25, 0.3) is 0 Å². The minimum atomic E-state index is -0.582. The maximum atomic E-state index is 11.8. The molecular formula is C17H29NO3. The first kappa shape index (κ1) is 15.3. The van der Waals surface area contributed by atoms with Crippen LogP contribution in [0.15, 0.2) is 0 Å². The standard InChI is InChI=1S/C17H29NO3/c1-2-21-16(19)13-6-8-17(20,9-7-13)12-18-10-14-4-3-5-15(14)11-18/h13-15,20H,2-12H2,1H3. The molecule has 0 aromatic carbocycles. The lowest BCUT2D eigenvalue weighted by Crippen LogP contribution is -2.46. The van der Waals surface area contributed by atoms with Gasteiger partial charge in [-0.25, -0.2) is 0 Å². The van der Waals surface area contributed by atoms with E-state index in [0.29, 0.717) is 6.61 Å². The van der Waals surface area contributed by atoms with E-state index >= 15 is 0 Å². The van der Waals surface area contributed by atoms with Gasteiger partial charge in [-0.05, 0) is 57.3 Å². The minimum absolute atomic E-state index is 0.00295. The van der Waals surface area contributed by atoms with Gasteiger partial charge in [-0.3, -0.25) is 9.69 Å². The highest BCUT2D eigenvalue weighted by Crippen LogP contribution is 2.40. The molecule has 21 heavy (non-hydrogen) atoms. The zero-order valence-corrected chi connectivity index (χ0v) is 13.2. The van der Waals surface area contributed by atoms with Crippen LogP contribution in [0.4, 0.5) is 0 Å². The van der Waals surface area contributed by atoms with Crippen molar-refractivity contribution in [3.8, 4) is 0 Å². The van der Waals surface area contributed by atoms with Crippen LogP contribution in [0.1, 0.15) is 51.9 Å². The number of carbonyl (C=O) groups excluding carboxylic acids is 1. The van der Waals surface area contributed by atoms with Crippen molar-refractivity contribution in [1.82, 2.24) is 4.90 Å². The normalized spacial score (nSPS) is 40.2. The average molecular weight is 295 g/mol. The molecule has 3 aliphatic rings. The summed E-state index contributed by atoms with van der Waals surface area (Å²) in [5.41, 5.74) is -0.582. The summed E-state index contributed by atoms with van der Waals surface area (Å²) in [7, 11) is 0. The van der Waals surface area contributed by atoms with Crippen molar-refractivity contribution >= 4 is 5.97 Å². The van der Waals surface area contributed by atoms with Crippen LogP contribution in [0.2, 0.25) is 0 Å². The number of hydrogen-bond acceptors (Lipinski definition) is 4. The second-order valence-electron chi connectivity index (χ2n) is 7.40. The molecule has 4 heteroatoms. The van der Waals surface area contributed by atoms with Gasteiger partial charge in [0.15, 0.2) is 0 Å². The Kier molecular flexibility index (Phi) is 4.55. The lowest BCUT2D eigenvalue weighted by atomic mass is 9.78. The van der Waals surface area contributed by atoms with Crippen molar-refractivity contribution < 1.29 is 14.6 Å². The number of ether oxygens (including phenoxy) is 1. The first-order chi connectivity index (χ1) is 10.1. The van der Waals surface area contributed by atoms with E-state index in [0.717, 1.165) is 44.1 Å². The van der Waals surface area contributed by atoms with E-state index in [1.165, 1.54) is 32.4 Å². The van der Waals surface area contributed by atoms with Crippen LogP contribution in [-0.4, -0.2) is 47.8 Å². The molecule has 0 amide bonds. The van der Waals surface area contributed by atoms with Crippen molar-refractivity contribution in [2.24, 2.45) is 17.8 Å². The molecule has 1 aliphatic heterocycles. The summed E-state index contributed by atoms with van der Waals surface area (Å²) in [5, 5.41) is 10.8. The van der Waals surface area contributed by atoms with E-state index in [1.807, 2.05) is 6.92 Å². The van der Waals surface area contributed by atoms with E-state index in [-0.39, 0.29) is 11.9 Å². The SMILES string of the molecule is CCOC(=O)C1CCC(O)(CN2CC3CCCC3C2)CC1. The number of likely N-dealkylation sites (tertiary alicyclic amines) is 1. The first-order valence-electron chi connectivity index (χ1n) is 8.71. The molecule has 120 valence electrons. The molecule has 1 heterocycles. The maximum absolute atomic E-state index is 11.8. The zero-order chi connectivity index (χ0) is 14.9. The van der Waals surface area contributed by atoms with Crippen LogP contribution in [-0.2, 0) is 9.53 Å². The molecular weight excluding hydrogens is 266 g/mol. The van der Waals surface area contributed by atoms with Gasteiger partial charge >= 0.3 is 5.97 Å². The summed E-state index contributed by atoms with van der Waals surface area (Å²) in [6, 6.07) is 0. The van der Waals surface area contributed by atoms with Crippen LogP contribution in [0.25, 0.3) is 0 Å². The topological polar surface area (TPSA) is 49.8 Å². The average Bonchev–Trinajstić information content (AvgIpc) is 3.00. The van der Waals surface area contributed by atoms with Crippen LogP contribution in [0.3, 0.4) is 0 Å². The summed E-state index contributed by atoms with van der Waals surface area (Å²) in [6.07, 6.45) is 7.18. The number of aliphatic hydroxyl groups is 1. The van der Waals surface area contributed by atoms with Gasteiger partial charge < -0.3 is 9.84 Å². The highest BCUT2D eigenvalue weighted by molar-refractivity contribution is 5.72. The Morgan fingerprint density at radius 2 is 1.81 bits per heavy atom. The molecule has 0 bridgehead atoms. The Morgan fingerprint density at radius 1 is 1.19 bits per heavy atom. The third kappa shape index (κ3) is 3.42. The van der Waals surface area contributed by atoms with Gasteiger partial charge in [-0.2, -0.15) is 0 Å². The number of fused-ring (bicyclic) bond motifs is 1.